The predicted molar refractivity (Wildman–Crippen MR) is 40.0 cm³/mol. The highest BCUT2D eigenvalue weighted by molar-refractivity contribution is 5.87. The fourth-order valence-electron chi connectivity index (χ4n) is 0.407. The zero-order valence-corrected chi connectivity index (χ0v) is 6.14. The quantitative estimate of drug-likeness (QED) is 0.384. The van der Waals surface area contributed by atoms with Gasteiger partial charge in [-0.15, -0.1) is 12.8 Å². The average molecular weight is 124 g/mol. The van der Waals surface area contributed by atoms with Gasteiger partial charge < -0.3 is 0 Å². The first-order chi connectivity index (χ1) is 4.13. The van der Waals surface area contributed by atoms with Gasteiger partial charge in [-0.2, -0.15) is 0 Å². The van der Waals surface area contributed by atoms with Gasteiger partial charge in [-0.1, -0.05) is 5.57 Å². The van der Waals surface area contributed by atoms with Crippen LogP contribution in [0, 0.1) is 12.8 Å². The Morgan fingerprint density at radius 3 is 1.56 bits per heavy atom. The molecule has 0 saturated heterocycles. The molecule has 0 aromatic heterocycles. The van der Waals surface area contributed by atoms with Crippen LogP contribution in [0.5, 0.6) is 0 Å². The van der Waals surface area contributed by atoms with Crippen molar-refractivity contribution in [3.05, 3.63) is 11.6 Å². The van der Waals surface area contributed by atoms with Crippen molar-refractivity contribution in [3.8, 4) is 12.8 Å². The van der Waals surface area contributed by atoms with E-state index in [1.54, 1.807) is 13.0 Å². The predicted octanol–water partition coefficient (Wildman–Crippen LogP) is 1.79. The minimum absolute atomic E-state index is 0.125. The Hall–Kier alpha value is -1.03. The van der Waals surface area contributed by atoms with Crippen LogP contribution in [0.2, 0.25) is 0 Å². The summed E-state index contributed by atoms with van der Waals surface area (Å²) in [6.07, 6.45) is 9.61. The molecule has 0 radical (unpaired) electrons. The van der Waals surface area contributed by atoms with Crippen molar-refractivity contribution in [2.24, 2.45) is 0 Å². The summed E-state index contributed by atoms with van der Waals surface area (Å²) < 4.78 is 0. The Morgan fingerprint density at radius 2 is 1.56 bits per heavy atom. The van der Waals surface area contributed by atoms with E-state index in [1.165, 1.54) is 0 Å². The Labute approximate surface area is 56.8 Å². The van der Waals surface area contributed by atoms with E-state index in [1.807, 2.05) is 13.8 Å². The van der Waals surface area contributed by atoms with E-state index in [2.05, 4.69) is 12.8 Å². The minimum atomic E-state index is 0.125. The minimum Gasteiger partial charge on any atom is -0.295 e. The fraction of sp³-hybridized carbons (Fsp3) is 0.375. The first-order valence-electron chi connectivity index (χ1n) is 2.61. The molecule has 0 bridgehead atoms. The first kappa shape index (κ1) is 10.9. The zero-order valence-electron chi connectivity index (χ0n) is 6.14. The molecule has 0 atom stereocenters. The highest BCUT2D eigenvalue weighted by Crippen LogP contribution is 1.86. The van der Waals surface area contributed by atoms with Crippen LogP contribution >= 0.6 is 0 Å². The summed E-state index contributed by atoms with van der Waals surface area (Å²) in [5.41, 5.74) is 1.06. The highest BCUT2D eigenvalue weighted by Gasteiger charge is 1.80. The van der Waals surface area contributed by atoms with Crippen LogP contribution in [0.1, 0.15) is 20.8 Å². The largest absolute Gasteiger partial charge is 0.295 e. The molecule has 1 heteroatoms. The van der Waals surface area contributed by atoms with Gasteiger partial charge in [-0.05, 0) is 26.8 Å². The third kappa shape index (κ3) is 19.5. The number of ketones is 1. The van der Waals surface area contributed by atoms with Gasteiger partial charge in [0, 0.05) is 0 Å². The van der Waals surface area contributed by atoms with Crippen LogP contribution < -0.4 is 0 Å². The van der Waals surface area contributed by atoms with Crippen molar-refractivity contribution in [3.63, 3.8) is 0 Å². The molecule has 0 aromatic carbocycles. The molecule has 0 N–H and O–H groups in total. The molecule has 0 saturated carbocycles. The van der Waals surface area contributed by atoms with Crippen molar-refractivity contribution in [1.29, 1.82) is 0 Å². The molecule has 0 rings (SSSR count). The summed E-state index contributed by atoms with van der Waals surface area (Å²) in [6, 6.07) is 0. The van der Waals surface area contributed by atoms with Crippen LogP contribution in [0.3, 0.4) is 0 Å². The zero-order chi connectivity index (χ0) is 7.86. The number of allylic oxidation sites excluding steroid dienone is 2. The van der Waals surface area contributed by atoms with Gasteiger partial charge in [0.2, 0.25) is 0 Å². The monoisotopic (exact) mass is 124 g/mol. The van der Waals surface area contributed by atoms with E-state index in [9.17, 15) is 4.79 Å². The molecular formula is C8H12O. The summed E-state index contributed by atoms with van der Waals surface area (Å²) in [5.74, 6) is 0.125. The molecule has 0 unspecified atom stereocenters. The van der Waals surface area contributed by atoms with Crippen molar-refractivity contribution in [2.45, 2.75) is 20.8 Å². The first-order valence-corrected chi connectivity index (χ1v) is 2.61. The van der Waals surface area contributed by atoms with E-state index in [0.29, 0.717) is 0 Å². The lowest BCUT2D eigenvalue weighted by Gasteiger charge is -1.80. The number of terminal acetylenes is 1. The van der Waals surface area contributed by atoms with Gasteiger partial charge >= 0.3 is 0 Å². The summed E-state index contributed by atoms with van der Waals surface area (Å²) in [4.78, 5) is 10.2. The van der Waals surface area contributed by atoms with E-state index in [0.717, 1.165) is 5.57 Å². The molecule has 1 nitrogen and oxygen atoms in total. The smallest absolute Gasteiger partial charge is 0.152 e. The second kappa shape index (κ2) is 6.97. The van der Waals surface area contributed by atoms with Crippen LogP contribution in [-0.4, -0.2) is 5.78 Å². The van der Waals surface area contributed by atoms with Crippen molar-refractivity contribution in [1.82, 2.24) is 0 Å². The molecule has 0 aliphatic rings. The van der Waals surface area contributed by atoms with Gasteiger partial charge in [-0.25, -0.2) is 0 Å². The second-order valence-electron chi connectivity index (χ2n) is 1.83. The molecule has 0 fully saturated rings. The molecule has 0 aromatic rings. The number of carbonyl (C=O) groups excluding carboxylic acids is 1. The van der Waals surface area contributed by atoms with Gasteiger partial charge in [0.15, 0.2) is 5.78 Å². The molecule has 9 heavy (non-hydrogen) atoms. The third-order valence-corrected chi connectivity index (χ3v) is 0.492. The lowest BCUT2D eigenvalue weighted by Crippen LogP contribution is -1.80. The van der Waals surface area contributed by atoms with Crippen LogP contribution in [-0.2, 0) is 4.79 Å². The lowest BCUT2D eigenvalue weighted by molar-refractivity contribution is -0.112. The van der Waals surface area contributed by atoms with E-state index < -0.39 is 0 Å². The van der Waals surface area contributed by atoms with Gasteiger partial charge in [-0.3, -0.25) is 4.79 Å². The normalized spacial score (nSPS) is 6.33. The number of rotatable bonds is 1. The van der Waals surface area contributed by atoms with E-state index >= 15 is 0 Å². The standard InChI is InChI=1S/C6H10O.C2H2/c1-5(2)4-6(3)7;1-2/h4H,1-3H3;1-2H. The number of hydrogen-bond donors (Lipinski definition) is 0. The molecule has 0 aliphatic carbocycles. The molecule has 0 heterocycles. The van der Waals surface area contributed by atoms with E-state index in [4.69, 9.17) is 0 Å². The van der Waals surface area contributed by atoms with Crippen LogP contribution in [0.4, 0.5) is 0 Å². The molecule has 0 amide bonds. The van der Waals surface area contributed by atoms with Gasteiger partial charge in [0.25, 0.3) is 0 Å². The Bertz CT molecular complexity index is 125. The number of hydrogen-bond acceptors (Lipinski definition) is 1. The Balaban J connectivity index is 0. The van der Waals surface area contributed by atoms with Crippen molar-refractivity contribution in [2.75, 3.05) is 0 Å². The van der Waals surface area contributed by atoms with E-state index in [-0.39, 0.29) is 5.78 Å². The summed E-state index contributed by atoms with van der Waals surface area (Å²) in [7, 11) is 0. The maximum atomic E-state index is 10.2. The molecule has 0 aliphatic heterocycles. The average Bonchev–Trinajstić information content (AvgIpc) is 1.68. The van der Waals surface area contributed by atoms with Crippen LogP contribution in [0.15, 0.2) is 11.6 Å². The topological polar surface area (TPSA) is 17.1 Å². The van der Waals surface area contributed by atoms with Gasteiger partial charge in [0.1, 0.15) is 0 Å². The fourth-order valence-corrected chi connectivity index (χ4v) is 0.407. The summed E-state index contributed by atoms with van der Waals surface area (Å²) in [5, 5.41) is 0. The molecule has 50 valence electrons. The van der Waals surface area contributed by atoms with Crippen molar-refractivity contribution < 1.29 is 4.79 Å². The van der Waals surface area contributed by atoms with Crippen LogP contribution in [0.25, 0.3) is 0 Å². The summed E-state index contributed by atoms with van der Waals surface area (Å²) >= 11 is 0. The third-order valence-electron chi connectivity index (χ3n) is 0.492. The maximum absolute atomic E-state index is 10.2. The molecular weight excluding hydrogens is 112 g/mol. The molecule has 0 spiro atoms. The Morgan fingerprint density at radius 1 is 1.22 bits per heavy atom. The Kier molecular flexibility index (Phi) is 8.41. The highest BCUT2D eigenvalue weighted by atomic mass is 16.1. The summed E-state index contributed by atoms with van der Waals surface area (Å²) in [6.45, 7) is 5.36. The van der Waals surface area contributed by atoms with Crippen molar-refractivity contribution >= 4 is 5.78 Å². The second-order valence-corrected chi connectivity index (χ2v) is 1.83. The maximum Gasteiger partial charge on any atom is 0.152 e. The van der Waals surface area contributed by atoms with Gasteiger partial charge in [0.05, 0.1) is 0 Å². The SMILES string of the molecule is C#C.CC(=O)C=C(C)C. The lowest BCUT2D eigenvalue weighted by atomic mass is 10.3. The number of carbonyl (C=O) groups is 1.